The average molecular weight is 379 g/mol. The normalized spacial score (nSPS) is 11.0. The summed E-state index contributed by atoms with van der Waals surface area (Å²) in [6, 6.07) is 13.2. The van der Waals surface area contributed by atoms with Crippen LogP contribution in [0.25, 0.3) is 21.6 Å². The molecule has 0 aliphatic carbocycles. The Kier molecular flexibility index (Phi) is 4.33. The quantitative estimate of drug-likeness (QED) is 0.583. The maximum Gasteiger partial charge on any atom is 0.254 e. The van der Waals surface area contributed by atoms with E-state index in [1.165, 1.54) is 11.3 Å². The van der Waals surface area contributed by atoms with E-state index in [-0.39, 0.29) is 12.5 Å². The van der Waals surface area contributed by atoms with Crippen LogP contribution in [-0.2, 0) is 6.54 Å². The Balaban J connectivity index is 1.54. The van der Waals surface area contributed by atoms with E-state index in [0.717, 1.165) is 21.3 Å². The SMILES string of the molecule is Cc1cc(C(=O)N(C)Cc2nc(-c3ccccc3)no2)cc2sc(N)nc12. The number of rotatable bonds is 4. The van der Waals surface area contributed by atoms with E-state index in [2.05, 4.69) is 15.1 Å². The van der Waals surface area contributed by atoms with Crippen LogP contribution < -0.4 is 5.73 Å². The molecule has 4 rings (SSSR count). The molecule has 0 fully saturated rings. The van der Waals surface area contributed by atoms with Gasteiger partial charge in [-0.2, -0.15) is 4.98 Å². The lowest BCUT2D eigenvalue weighted by Gasteiger charge is -2.15. The number of fused-ring (bicyclic) bond motifs is 1. The van der Waals surface area contributed by atoms with Gasteiger partial charge in [0, 0.05) is 18.2 Å². The number of nitrogens with zero attached hydrogens (tertiary/aromatic N) is 4. The number of amides is 1. The van der Waals surface area contributed by atoms with Gasteiger partial charge in [-0.1, -0.05) is 46.8 Å². The van der Waals surface area contributed by atoms with Crippen molar-refractivity contribution in [1.82, 2.24) is 20.0 Å². The molecule has 4 aromatic rings. The van der Waals surface area contributed by atoms with E-state index < -0.39 is 0 Å². The smallest absolute Gasteiger partial charge is 0.254 e. The monoisotopic (exact) mass is 379 g/mol. The van der Waals surface area contributed by atoms with Gasteiger partial charge in [0.05, 0.1) is 16.8 Å². The fourth-order valence-corrected chi connectivity index (χ4v) is 3.71. The van der Waals surface area contributed by atoms with Crippen LogP contribution in [0.3, 0.4) is 0 Å². The second kappa shape index (κ2) is 6.81. The number of hydrogen-bond donors (Lipinski definition) is 1. The highest BCUT2D eigenvalue weighted by atomic mass is 32.1. The molecule has 1 amide bonds. The summed E-state index contributed by atoms with van der Waals surface area (Å²) in [6.45, 7) is 2.14. The van der Waals surface area contributed by atoms with Gasteiger partial charge in [0.2, 0.25) is 11.7 Å². The van der Waals surface area contributed by atoms with Crippen LogP contribution in [0.2, 0.25) is 0 Å². The van der Waals surface area contributed by atoms with Crippen LogP contribution in [0.15, 0.2) is 47.0 Å². The first-order valence-electron chi connectivity index (χ1n) is 8.31. The summed E-state index contributed by atoms with van der Waals surface area (Å²) in [5.41, 5.74) is 8.98. The number of aromatic nitrogens is 3. The van der Waals surface area contributed by atoms with Crippen molar-refractivity contribution in [2.75, 3.05) is 12.8 Å². The van der Waals surface area contributed by atoms with E-state index in [1.807, 2.05) is 49.4 Å². The summed E-state index contributed by atoms with van der Waals surface area (Å²) in [6.07, 6.45) is 0. The molecule has 0 aliphatic rings. The fraction of sp³-hybridized carbons (Fsp3) is 0.158. The second-order valence-corrected chi connectivity index (χ2v) is 7.29. The lowest BCUT2D eigenvalue weighted by molar-refractivity contribution is 0.0769. The molecule has 2 aromatic carbocycles. The predicted molar refractivity (Wildman–Crippen MR) is 104 cm³/mol. The molecule has 0 radical (unpaired) electrons. The summed E-state index contributed by atoms with van der Waals surface area (Å²) in [7, 11) is 1.70. The van der Waals surface area contributed by atoms with Crippen molar-refractivity contribution in [2.24, 2.45) is 0 Å². The minimum atomic E-state index is -0.133. The standard InChI is InChI=1S/C19H17N5O2S/c1-11-8-13(9-14-16(11)22-19(20)27-14)18(25)24(2)10-15-21-17(23-26-15)12-6-4-3-5-7-12/h3-9H,10H2,1-2H3,(H2,20,22). The van der Waals surface area contributed by atoms with Gasteiger partial charge < -0.3 is 15.2 Å². The molecule has 0 aliphatic heterocycles. The molecule has 0 spiro atoms. The summed E-state index contributed by atoms with van der Waals surface area (Å²) in [5.74, 6) is 0.750. The molecular weight excluding hydrogens is 362 g/mol. The van der Waals surface area contributed by atoms with Gasteiger partial charge in [0.1, 0.15) is 0 Å². The van der Waals surface area contributed by atoms with E-state index >= 15 is 0 Å². The molecule has 0 bridgehead atoms. The van der Waals surface area contributed by atoms with Gasteiger partial charge in [-0.15, -0.1) is 0 Å². The molecule has 2 N–H and O–H groups in total. The minimum Gasteiger partial charge on any atom is -0.375 e. The van der Waals surface area contributed by atoms with Crippen LogP contribution in [0.4, 0.5) is 5.13 Å². The number of nitrogens with two attached hydrogens (primary N) is 1. The number of carbonyl (C=O) groups is 1. The van der Waals surface area contributed by atoms with Gasteiger partial charge in [-0.05, 0) is 24.6 Å². The molecule has 0 unspecified atom stereocenters. The number of thiazole rings is 1. The molecule has 0 saturated carbocycles. The van der Waals surface area contributed by atoms with Crippen molar-refractivity contribution in [2.45, 2.75) is 13.5 Å². The highest BCUT2D eigenvalue weighted by Gasteiger charge is 2.18. The number of hydrogen-bond acceptors (Lipinski definition) is 7. The van der Waals surface area contributed by atoms with Gasteiger partial charge in [-0.3, -0.25) is 4.79 Å². The summed E-state index contributed by atoms with van der Waals surface area (Å²) < 4.78 is 6.19. The largest absolute Gasteiger partial charge is 0.375 e. The Labute approximate surface area is 159 Å². The Morgan fingerprint density at radius 3 is 2.78 bits per heavy atom. The van der Waals surface area contributed by atoms with E-state index in [1.54, 1.807) is 11.9 Å². The molecule has 0 atom stereocenters. The Morgan fingerprint density at radius 2 is 2.00 bits per heavy atom. The summed E-state index contributed by atoms with van der Waals surface area (Å²) in [4.78, 5) is 23.0. The van der Waals surface area contributed by atoms with Crippen LogP contribution in [0.1, 0.15) is 21.8 Å². The first-order chi connectivity index (χ1) is 13.0. The zero-order chi connectivity index (χ0) is 19.0. The molecule has 2 aromatic heterocycles. The van der Waals surface area contributed by atoms with Crippen LogP contribution >= 0.6 is 11.3 Å². The molecule has 0 saturated heterocycles. The van der Waals surface area contributed by atoms with Gasteiger partial charge in [0.15, 0.2) is 5.13 Å². The first kappa shape index (κ1) is 17.2. The highest BCUT2D eigenvalue weighted by molar-refractivity contribution is 7.22. The Morgan fingerprint density at radius 1 is 1.22 bits per heavy atom. The number of nitrogen functional groups attached to an aromatic ring is 1. The number of aryl methyl sites for hydroxylation is 1. The maximum atomic E-state index is 12.8. The zero-order valence-corrected chi connectivity index (χ0v) is 15.7. The Bertz CT molecular complexity index is 1120. The highest BCUT2D eigenvalue weighted by Crippen LogP contribution is 2.28. The van der Waals surface area contributed by atoms with Gasteiger partial charge in [0.25, 0.3) is 5.91 Å². The third-order valence-corrected chi connectivity index (χ3v) is 5.00. The van der Waals surface area contributed by atoms with Gasteiger partial charge >= 0.3 is 0 Å². The van der Waals surface area contributed by atoms with Crippen molar-refractivity contribution in [3.05, 3.63) is 59.5 Å². The van der Waals surface area contributed by atoms with Crippen molar-refractivity contribution < 1.29 is 9.32 Å². The summed E-state index contributed by atoms with van der Waals surface area (Å²) >= 11 is 1.37. The van der Waals surface area contributed by atoms with E-state index in [4.69, 9.17) is 10.3 Å². The first-order valence-corrected chi connectivity index (χ1v) is 9.13. The maximum absolute atomic E-state index is 12.8. The topological polar surface area (TPSA) is 98.1 Å². The van der Waals surface area contributed by atoms with Crippen molar-refractivity contribution in [1.29, 1.82) is 0 Å². The molecule has 2 heterocycles. The lowest BCUT2D eigenvalue weighted by Crippen LogP contribution is -2.26. The third-order valence-electron chi connectivity index (χ3n) is 4.17. The van der Waals surface area contributed by atoms with Crippen molar-refractivity contribution in [3.8, 4) is 11.4 Å². The van der Waals surface area contributed by atoms with Crippen LogP contribution in [0, 0.1) is 6.92 Å². The predicted octanol–water partition coefficient (Wildman–Crippen LogP) is 3.51. The molecule has 7 nitrogen and oxygen atoms in total. The van der Waals surface area contributed by atoms with E-state index in [9.17, 15) is 4.79 Å². The molecule has 8 heteroatoms. The molecule has 136 valence electrons. The minimum absolute atomic E-state index is 0.133. The number of benzene rings is 2. The fourth-order valence-electron chi connectivity index (χ4n) is 2.86. The van der Waals surface area contributed by atoms with Crippen LogP contribution in [-0.4, -0.2) is 33.0 Å². The lowest BCUT2D eigenvalue weighted by atomic mass is 10.1. The Hall–Kier alpha value is -3.26. The van der Waals surface area contributed by atoms with Crippen molar-refractivity contribution >= 4 is 32.6 Å². The summed E-state index contributed by atoms with van der Waals surface area (Å²) in [5, 5.41) is 4.48. The number of anilines is 1. The van der Waals surface area contributed by atoms with E-state index in [0.29, 0.717) is 22.4 Å². The second-order valence-electron chi connectivity index (χ2n) is 6.23. The van der Waals surface area contributed by atoms with Crippen molar-refractivity contribution in [3.63, 3.8) is 0 Å². The average Bonchev–Trinajstić information content (AvgIpc) is 3.28. The molecular formula is C19H17N5O2S. The third kappa shape index (κ3) is 3.39. The number of carbonyl (C=O) groups excluding carboxylic acids is 1. The zero-order valence-electron chi connectivity index (χ0n) is 14.8. The van der Waals surface area contributed by atoms with Gasteiger partial charge in [-0.25, -0.2) is 4.98 Å². The van der Waals surface area contributed by atoms with Crippen LogP contribution in [0.5, 0.6) is 0 Å². The molecule has 27 heavy (non-hydrogen) atoms.